The number of hydrazine groups is 1. The summed E-state index contributed by atoms with van der Waals surface area (Å²) in [5.74, 6) is 7.26. The molecule has 0 heterocycles. The molecule has 0 bridgehead atoms. The highest BCUT2D eigenvalue weighted by atomic mass is 127. The third-order valence-electron chi connectivity index (χ3n) is 5.12. The van der Waals surface area contributed by atoms with Gasteiger partial charge in [0.1, 0.15) is 35.7 Å². The van der Waals surface area contributed by atoms with E-state index in [0.29, 0.717) is 34.9 Å². The summed E-state index contributed by atoms with van der Waals surface area (Å²) in [6, 6.07) is 18.1. The minimum absolute atomic E-state index is 0.0732. The molecule has 4 N–H and O–H groups in total. The second kappa shape index (κ2) is 13.0. The van der Waals surface area contributed by atoms with Crippen molar-refractivity contribution >= 4 is 34.4 Å². The molecule has 0 aliphatic carbocycles. The highest BCUT2D eigenvalue weighted by Crippen LogP contribution is 2.30. The molecular weight excluding hydrogens is 577 g/mol. The van der Waals surface area contributed by atoms with Crippen LogP contribution >= 0.6 is 22.6 Å². The number of phenolic OH excluding ortho intramolecular Hbond substituents is 1. The van der Waals surface area contributed by atoms with Gasteiger partial charge < -0.3 is 24.6 Å². The van der Waals surface area contributed by atoms with Crippen LogP contribution in [0.4, 0.5) is 0 Å². The number of amides is 2. The van der Waals surface area contributed by atoms with Gasteiger partial charge in [-0.3, -0.25) is 14.6 Å². The van der Waals surface area contributed by atoms with Gasteiger partial charge in [-0.15, -0.1) is 0 Å². The zero-order valence-corrected chi connectivity index (χ0v) is 22.1. The molecule has 1 atom stereocenters. The molecule has 0 unspecified atom stereocenters. The number of nitrogens with zero attached hydrogens (tertiary/aromatic N) is 1. The number of methoxy groups -OCH3 is 1. The maximum Gasteiger partial charge on any atom is 0.267 e. The quantitative estimate of drug-likeness (QED) is 0.132. The number of nitrogens with two attached hydrogens (primary N) is 1. The van der Waals surface area contributed by atoms with Crippen molar-refractivity contribution in [3.05, 3.63) is 81.4 Å². The minimum atomic E-state index is -0.379. The van der Waals surface area contributed by atoms with E-state index < -0.39 is 0 Å². The summed E-state index contributed by atoms with van der Waals surface area (Å²) in [7, 11) is 1.57. The Morgan fingerprint density at radius 3 is 2.33 bits per heavy atom. The first-order valence-corrected chi connectivity index (χ1v) is 12.2. The average molecular weight is 605 g/mol. The van der Waals surface area contributed by atoms with Crippen molar-refractivity contribution in [3.63, 3.8) is 0 Å². The van der Waals surface area contributed by atoms with Gasteiger partial charge in [0.15, 0.2) is 0 Å². The Kier molecular flexibility index (Phi) is 9.77. The van der Waals surface area contributed by atoms with Crippen LogP contribution in [0.2, 0.25) is 0 Å². The number of aromatic hydroxyl groups is 1. The lowest BCUT2D eigenvalue weighted by Gasteiger charge is -2.19. The van der Waals surface area contributed by atoms with Gasteiger partial charge in [-0.1, -0.05) is 6.07 Å². The molecular formula is C26H28IN3O6. The number of benzene rings is 3. The van der Waals surface area contributed by atoms with Gasteiger partial charge in [-0.05, 0) is 90.2 Å². The van der Waals surface area contributed by atoms with E-state index in [1.807, 2.05) is 13.0 Å². The van der Waals surface area contributed by atoms with Crippen LogP contribution in [0.25, 0.3) is 0 Å². The Morgan fingerprint density at radius 2 is 1.67 bits per heavy atom. The molecule has 0 aromatic heterocycles. The van der Waals surface area contributed by atoms with E-state index in [2.05, 4.69) is 27.9 Å². The van der Waals surface area contributed by atoms with E-state index >= 15 is 0 Å². The molecule has 3 rings (SSSR count). The van der Waals surface area contributed by atoms with E-state index in [-0.39, 0.29) is 36.8 Å². The van der Waals surface area contributed by atoms with Crippen molar-refractivity contribution in [2.24, 2.45) is 5.84 Å². The fourth-order valence-corrected chi connectivity index (χ4v) is 3.80. The molecule has 0 radical (unpaired) electrons. The Labute approximate surface area is 223 Å². The number of rotatable bonds is 11. The number of carbonyl (C=O) groups is 2. The molecule has 3 aromatic rings. The van der Waals surface area contributed by atoms with E-state index in [0.717, 1.165) is 8.58 Å². The number of carbonyl (C=O) groups excluding carboxylic acids is 2. The fourth-order valence-electron chi connectivity index (χ4n) is 3.16. The molecule has 0 spiro atoms. The Bertz CT molecular complexity index is 1170. The topological polar surface area (TPSA) is 123 Å². The predicted molar refractivity (Wildman–Crippen MR) is 143 cm³/mol. The Morgan fingerprint density at radius 1 is 1.03 bits per heavy atom. The summed E-state index contributed by atoms with van der Waals surface area (Å²) < 4.78 is 17.7. The number of nitrogens with one attached hydrogen (secondary N) is 1. The Hall–Kier alpha value is -3.51. The fraction of sp³-hybridized carbons (Fsp3) is 0.231. The van der Waals surface area contributed by atoms with Gasteiger partial charge in [0.2, 0.25) is 0 Å². The lowest BCUT2D eigenvalue weighted by Crippen LogP contribution is -2.40. The van der Waals surface area contributed by atoms with Crippen molar-refractivity contribution in [1.29, 1.82) is 0 Å². The first-order chi connectivity index (χ1) is 17.3. The molecule has 0 saturated carbocycles. The molecule has 0 aliphatic heterocycles. The first kappa shape index (κ1) is 27.1. The van der Waals surface area contributed by atoms with Crippen molar-refractivity contribution in [3.8, 4) is 23.0 Å². The van der Waals surface area contributed by atoms with Gasteiger partial charge in [0.05, 0.1) is 23.8 Å². The summed E-state index contributed by atoms with van der Waals surface area (Å²) in [6.45, 7) is 2.51. The zero-order valence-electron chi connectivity index (χ0n) is 19.9. The van der Waals surface area contributed by atoms with Gasteiger partial charge in [-0.2, -0.15) is 0 Å². The summed E-state index contributed by atoms with van der Waals surface area (Å²) in [5.41, 5.74) is 0.902. The lowest BCUT2D eigenvalue weighted by molar-refractivity contribution is 0.0729. The summed E-state index contributed by atoms with van der Waals surface area (Å²) >= 11 is 2.13. The summed E-state index contributed by atoms with van der Waals surface area (Å²) in [4.78, 5) is 24.7. The van der Waals surface area contributed by atoms with Crippen LogP contribution in [0.15, 0.2) is 66.7 Å². The van der Waals surface area contributed by atoms with Crippen molar-refractivity contribution in [1.82, 2.24) is 10.3 Å². The Balaban J connectivity index is 1.49. The third kappa shape index (κ3) is 7.49. The second-order valence-corrected chi connectivity index (χ2v) is 8.91. The van der Waals surface area contributed by atoms with Crippen molar-refractivity contribution in [2.75, 3.05) is 26.8 Å². The largest absolute Gasteiger partial charge is 0.508 e. The number of hydrogen-bond acceptors (Lipinski definition) is 7. The number of hydrogen-bond donors (Lipinski definition) is 3. The van der Waals surface area contributed by atoms with Crippen LogP contribution in [-0.2, 0) is 0 Å². The molecule has 2 amide bonds. The van der Waals surface area contributed by atoms with Gasteiger partial charge in [-0.25, -0.2) is 5.84 Å². The van der Waals surface area contributed by atoms with Crippen LogP contribution in [0.1, 0.15) is 27.6 Å². The normalized spacial score (nSPS) is 11.3. The monoisotopic (exact) mass is 605 g/mol. The molecule has 0 fully saturated rings. The van der Waals surface area contributed by atoms with E-state index in [9.17, 15) is 14.7 Å². The van der Waals surface area contributed by atoms with Crippen LogP contribution in [-0.4, -0.2) is 54.8 Å². The van der Waals surface area contributed by atoms with Crippen LogP contribution < -0.4 is 25.4 Å². The molecule has 9 nitrogen and oxygen atoms in total. The number of phenols is 1. The minimum Gasteiger partial charge on any atom is -0.508 e. The molecule has 0 aliphatic rings. The van der Waals surface area contributed by atoms with E-state index in [1.54, 1.807) is 43.5 Å². The molecule has 3 aromatic carbocycles. The molecule has 190 valence electrons. The number of halogens is 1. The van der Waals surface area contributed by atoms with Gasteiger partial charge in [0, 0.05) is 11.1 Å². The smallest absolute Gasteiger partial charge is 0.267 e. The lowest BCUT2D eigenvalue weighted by atomic mass is 10.2. The zero-order chi connectivity index (χ0) is 26.1. The molecule has 36 heavy (non-hydrogen) atoms. The maximum atomic E-state index is 12.4. The van der Waals surface area contributed by atoms with E-state index in [1.165, 1.54) is 24.3 Å². The first-order valence-electron chi connectivity index (χ1n) is 11.1. The van der Waals surface area contributed by atoms with E-state index in [4.69, 9.17) is 20.1 Å². The standard InChI is InChI=1S/C26H28IN3O6/c1-17(16-29-25(32)18-8-12-21(34-2)13-9-18)36-23-5-3-4-22(24(23)27)35-15-14-30(28)26(33)19-6-10-20(31)11-7-19/h3-13,17,31H,14-16,28H2,1-2H3,(H,29,32)/t17-/m0/s1. The number of ether oxygens (including phenoxy) is 3. The van der Waals surface area contributed by atoms with Crippen molar-refractivity contribution < 1.29 is 28.9 Å². The predicted octanol–water partition coefficient (Wildman–Crippen LogP) is 3.60. The molecule has 10 heteroatoms. The molecule has 0 saturated heterocycles. The van der Waals surface area contributed by atoms with Crippen LogP contribution in [0, 0.1) is 3.57 Å². The van der Waals surface area contributed by atoms with Crippen molar-refractivity contribution in [2.45, 2.75) is 13.0 Å². The van der Waals surface area contributed by atoms with Gasteiger partial charge >= 0.3 is 0 Å². The summed E-state index contributed by atoms with van der Waals surface area (Å²) in [6.07, 6.45) is -0.293. The summed E-state index contributed by atoms with van der Waals surface area (Å²) in [5, 5.41) is 13.3. The van der Waals surface area contributed by atoms with Crippen LogP contribution in [0.3, 0.4) is 0 Å². The third-order valence-corrected chi connectivity index (χ3v) is 6.19. The SMILES string of the molecule is COc1ccc(C(=O)NC[C@H](C)Oc2cccc(OCCN(N)C(=O)c3ccc(O)cc3)c2I)cc1. The van der Waals surface area contributed by atoms with Gasteiger partial charge in [0.25, 0.3) is 11.8 Å². The second-order valence-electron chi connectivity index (χ2n) is 7.83. The highest BCUT2D eigenvalue weighted by Gasteiger charge is 2.15. The van der Waals surface area contributed by atoms with Crippen LogP contribution in [0.5, 0.6) is 23.0 Å². The highest BCUT2D eigenvalue weighted by molar-refractivity contribution is 14.1. The average Bonchev–Trinajstić information content (AvgIpc) is 2.89. The maximum absolute atomic E-state index is 12.4.